The summed E-state index contributed by atoms with van der Waals surface area (Å²) in [5.41, 5.74) is 0.396. The molecule has 2 unspecified atom stereocenters. The number of para-hydroxylation sites is 1. The Morgan fingerprint density at radius 3 is 2.08 bits per heavy atom. The van der Waals surface area contributed by atoms with Gasteiger partial charge in [-0.25, -0.2) is 4.90 Å². The van der Waals surface area contributed by atoms with E-state index in [2.05, 4.69) is 10.3 Å². The summed E-state index contributed by atoms with van der Waals surface area (Å²) in [6.07, 6.45) is -6.14. The van der Waals surface area contributed by atoms with E-state index in [1.807, 2.05) is 0 Å². The minimum atomic E-state index is -1.30. The summed E-state index contributed by atoms with van der Waals surface area (Å²) in [5.74, 6) is -3.23. The second-order valence-electron chi connectivity index (χ2n) is 8.56. The summed E-state index contributed by atoms with van der Waals surface area (Å²) in [6, 6.07) is 6.27. The summed E-state index contributed by atoms with van der Waals surface area (Å²) < 4.78 is 27.4. The van der Waals surface area contributed by atoms with Crippen LogP contribution in [0.2, 0.25) is 0 Å². The van der Waals surface area contributed by atoms with Crippen molar-refractivity contribution in [1.29, 1.82) is 0 Å². The molecule has 14 heteroatoms. The maximum Gasteiger partial charge on any atom is 0.303 e. The summed E-state index contributed by atoms with van der Waals surface area (Å²) in [7, 11) is 1.29. The first-order valence-electron chi connectivity index (χ1n) is 11.4. The van der Waals surface area contributed by atoms with Gasteiger partial charge in [0.1, 0.15) is 6.10 Å². The van der Waals surface area contributed by atoms with Crippen molar-refractivity contribution in [2.75, 3.05) is 18.6 Å². The number of esters is 3. The quantitative estimate of drug-likeness (QED) is 0.274. The molecule has 1 aromatic rings. The van der Waals surface area contributed by atoms with Crippen molar-refractivity contribution in [1.82, 2.24) is 5.01 Å². The van der Waals surface area contributed by atoms with Gasteiger partial charge >= 0.3 is 17.9 Å². The molecule has 2 fully saturated rings. The summed E-state index contributed by atoms with van der Waals surface area (Å²) in [5, 5.41) is 9.25. The number of hydrogen-bond donors (Lipinski definition) is 0. The smallest absolute Gasteiger partial charge is 0.303 e. The Bertz CT molecular complexity index is 1110. The van der Waals surface area contributed by atoms with Gasteiger partial charge in [-0.2, -0.15) is 5.11 Å². The van der Waals surface area contributed by atoms with E-state index in [-0.39, 0.29) is 6.54 Å². The molecule has 198 valence electrons. The highest BCUT2D eigenvalue weighted by Gasteiger charge is 2.57. The molecule has 0 radical (unpaired) electrons. The first-order valence-corrected chi connectivity index (χ1v) is 11.4. The lowest BCUT2D eigenvalue weighted by Gasteiger charge is -2.44. The molecule has 1 aromatic carbocycles. The van der Waals surface area contributed by atoms with Crippen LogP contribution in [0.5, 0.6) is 0 Å². The third-order valence-corrected chi connectivity index (χ3v) is 5.97. The number of rotatable bonds is 7. The number of carbonyl (C=O) groups excluding carboxylic acids is 5. The van der Waals surface area contributed by atoms with Crippen LogP contribution in [-0.2, 0) is 47.7 Å². The maximum absolute atomic E-state index is 13.3. The van der Waals surface area contributed by atoms with Gasteiger partial charge < -0.3 is 23.7 Å². The van der Waals surface area contributed by atoms with Gasteiger partial charge in [0.25, 0.3) is 11.8 Å². The van der Waals surface area contributed by atoms with Crippen LogP contribution in [-0.4, -0.2) is 91.2 Å². The first kappa shape index (κ1) is 26.2. The molecule has 0 bridgehead atoms. The average Bonchev–Trinajstić information content (AvgIpc) is 3.36. The standard InChI is InChI=1S/C23H26N4O10/c1-11(28)34-18-15(37-23(33-4)20(36-13(3)30)19(18)35-12(2)29)10-26-17-16(24-25-26)21(31)27(22(17)32)14-8-6-5-7-9-14/h5-9,15-20,23H,10H2,1-4H3/t15-,16?,17?,18-,19+,20-,23+/m1/s1. The van der Waals surface area contributed by atoms with E-state index in [0.29, 0.717) is 5.69 Å². The van der Waals surface area contributed by atoms with E-state index in [1.54, 1.807) is 30.3 Å². The van der Waals surface area contributed by atoms with Crippen LogP contribution in [0, 0.1) is 0 Å². The summed E-state index contributed by atoms with van der Waals surface area (Å²) in [4.78, 5) is 62.9. The third-order valence-electron chi connectivity index (χ3n) is 5.97. The largest absolute Gasteiger partial charge is 0.456 e. The molecule has 2 amide bonds. The first-order chi connectivity index (χ1) is 17.6. The number of nitrogens with zero attached hydrogens (tertiary/aromatic N) is 4. The van der Waals surface area contributed by atoms with Crippen molar-refractivity contribution in [3.8, 4) is 0 Å². The van der Waals surface area contributed by atoms with E-state index in [9.17, 15) is 24.0 Å². The van der Waals surface area contributed by atoms with E-state index in [1.165, 1.54) is 12.1 Å². The van der Waals surface area contributed by atoms with Gasteiger partial charge in [-0.15, -0.1) is 0 Å². The molecule has 2 saturated heterocycles. The van der Waals surface area contributed by atoms with Crippen LogP contribution in [0.3, 0.4) is 0 Å². The number of hydrogen-bond acceptors (Lipinski definition) is 13. The zero-order valence-electron chi connectivity index (χ0n) is 20.5. The number of imide groups is 1. The molecule has 14 nitrogen and oxygen atoms in total. The SMILES string of the molecule is CO[C@H]1O[C@H](CN2N=NC3C(=O)N(c4ccccc4)C(=O)C32)[C@@H](OC(C)=O)[C@H](OC(C)=O)[C@H]1OC(C)=O. The lowest BCUT2D eigenvalue weighted by atomic mass is 9.97. The summed E-state index contributed by atoms with van der Waals surface area (Å²) >= 11 is 0. The average molecular weight is 518 g/mol. The number of amides is 2. The zero-order chi connectivity index (χ0) is 26.9. The van der Waals surface area contributed by atoms with E-state index in [0.717, 1.165) is 25.7 Å². The fourth-order valence-corrected chi connectivity index (χ4v) is 4.58. The second-order valence-corrected chi connectivity index (χ2v) is 8.56. The molecule has 4 rings (SSSR count). The highest BCUT2D eigenvalue weighted by atomic mass is 16.7. The van der Waals surface area contributed by atoms with Crippen molar-refractivity contribution in [2.45, 2.75) is 63.6 Å². The molecule has 0 saturated carbocycles. The topological polar surface area (TPSA) is 163 Å². The number of ether oxygens (including phenoxy) is 5. The van der Waals surface area contributed by atoms with Crippen molar-refractivity contribution in [3.63, 3.8) is 0 Å². The van der Waals surface area contributed by atoms with E-state index < -0.39 is 72.5 Å². The molecule has 3 aliphatic heterocycles. The third kappa shape index (κ3) is 5.15. The van der Waals surface area contributed by atoms with Crippen LogP contribution >= 0.6 is 0 Å². The Balaban J connectivity index is 1.62. The number of carbonyl (C=O) groups is 5. The van der Waals surface area contributed by atoms with Gasteiger partial charge in [0, 0.05) is 27.9 Å². The fourth-order valence-electron chi connectivity index (χ4n) is 4.58. The monoisotopic (exact) mass is 518 g/mol. The minimum Gasteiger partial charge on any atom is -0.456 e. The minimum absolute atomic E-state index is 0.200. The molecule has 3 heterocycles. The molecule has 0 N–H and O–H groups in total. The van der Waals surface area contributed by atoms with Crippen LogP contribution in [0.25, 0.3) is 0 Å². The van der Waals surface area contributed by atoms with Crippen LogP contribution < -0.4 is 4.90 Å². The predicted molar refractivity (Wildman–Crippen MR) is 120 cm³/mol. The molecule has 0 spiro atoms. The Hall–Kier alpha value is -3.91. The van der Waals surface area contributed by atoms with Crippen LogP contribution in [0.4, 0.5) is 5.69 Å². The van der Waals surface area contributed by atoms with Gasteiger partial charge in [-0.3, -0.25) is 29.0 Å². The second kappa shape index (κ2) is 10.6. The molecular weight excluding hydrogens is 492 g/mol. The van der Waals surface area contributed by atoms with Crippen molar-refractivity contribution < 1.29 is 47.7 Å². The van der Waals surface area contributed by atoms with Gasteiger partial charge in [-0.05, 0) is 12.1 Å². The van der Waals surface area contributed by atoms with Crippen molar-refractivity contribution >= 4 is 35.4 Å². The molecule has 0 aromatic heterocycles. The highest BCUT2D eigenvalue weighted by molar-refractivity contribution is 6.25. The van der Waals surface area contributed by atoms with E-state index >= 15 is 0 Å². The molecule has 0 aliphatic carbocycles. The lowest BCUT2D eigenvalue weighted by molar-refractivity contribution is -0.299. The van der Waals surface area contributed by atoms with Crippen molar-refractivity contribution in [3.05, 3.63) is 30.3 Å². The fraction of sp³-hybridized carbons (Fsp3) is 0.522. The molecule has 37 heavy (non-hydrogen) atoms. The van der Waals surface area contributed by atoms with Crippen molar-refractivity contribution in [2.24, 2.45) is 10.3 Å². The zero-order valence-corrected chi connectivity index (χ0v) is 20.5. The number of anilines is 1. The molecular formula is C23H26N4O10. The van der Waals surface area contributed by atoms with Crippen LogP contribution in [0.1, 0.15) is 20.8 Å². The molecule has 3 aliphatic rings. The van der Waals surface area contributed by atoms with Gasteiger partial charge in [-0.1, -0.05) is 23.4 Å². The Morgan fingerprint density at radius 2 is 1.49 bits per heavy atom. The van der Waals surface area contributed by atoms with Gasteiger partial charge in [0.2, 0.25) is 0 Å². The number of methoxy groups -OCH3 is 1. The van der Waals surface area contributed by atoms with Crippen LogP contribution in [0.15, 0.2) is 40.7 Å². The van der Waals surface area contributed by atoms with Gasteiger partial charge in [0.05, 0.1) is 12.2 Å². The van der Waals surface area contributed by atoms with E-state index in [4.69, 9.17) is 23.7 Å². The lowest BCUT2D eigenvalue weighted by Crippen LogP contribution is -2.64. The normalized spacial score (nSPS) is 30.8. The van der Waals surface area contributed by atoms with Gasteiger partial charge in [0.15, 0.2) is 36.7 Å². The number of fused-ring (bicyclic) bond motifs is 1. The predicted octanol–water partition coefficient (Wildman–Crippen LogP) is 0.146. The Labute approximate surface area is 211 Å². The highest BCUT2D eigenvalue weighted by Crippen LogP contribution is 2.35. The maximum atomic E-state index is 13.3. The number of benzene rings is 1. The Kier molecular flexibility index (Phi) is 7.50. The Morgan fingerprint density at radius 1 is 0.892 bits per heavy atom. The summed E-state index contributed by atoms with van der Waals surface area (Å²) in [6.45, 7) is 3.24. The molecule has 7 atom stereocenters.